The zero-order valence-corrected chi connectivity index (χ0v) is 11.7. The Morgan fingerprint density at radius 1 is 1.11 bits per heavy atom. The van der Waals surface area contributed by atoms with Crippen LogP contribution < -0.4 is 5.32 Å². The first-order valence-corrected chi connectivity index (χ1v) is 7.98. The smallest absolute Gasteiger partial charge is 0.0243 e. The maximum Gasteiger partial charge on any atom is 0.0243 e. The van der Waals surface area contributed by atoms with E-state index in [0.29, 0.717) is 6.04 Å². The van der Waals surface area contributed by atoms with Gasteiger partial charge >= 0.3 is 0 Å². The van der Waals surface area contributed by atoms with Crippen LogP contribution >= 0.6 is 0 Å². The van der Waals surface area contributed by atoms with E-state index in [1.807, 2.05) is 0 Å². The molecule has 4 aliphatic rings. The molecule has 0 aliphatic heterocycles. The van der Waals surface area contributed by atoms with Gasteiger partial charge in [0, 0.05) is 12.5 Å². The normalized spacial score (nSPS) is 42.8. The summed E-state index contributed by atoms with van der Waals surface area (Å²) in [6, 6.07) is 0.602. The van der Waals surface area contributed by atoms with Crippen molar-refractivity contribution in [3.63, 3.8) is 0 Å². The van der Waals surface area contributed by atoms with Crippen molar-refractivity contribution >= 4 is 0 Å². The summed E-state index contributed by atoms with van der Waals surface area (Å²) in [6.07, 6.45) is 15.3. The van der Waals surface area contributed by atoms with E-state index in [-0.39, 0.29) is 0 Å². The fraction of sp³-hybridized carbons (Fsp3) is 0.882. The second-order valence-electron chi connectivity index (χ2n) is 6.98. The molecular weight excluding hydrogens is 218 g/mol. The molecule has 1 heteroatoms. The van der Waals surface area contributed by atoms with E-state index in [0.717, 1.165) is 42.6 Å². The second-order valence-corrected chi connectivity index (χ2v) is 6.98. The van der Waals surface area contributed by atoms with E-state index in [9.17, 15) is 0 Å². The number of nitrogens with one attached hydrogen (secondary N) is 1. The molecule has 0 saturated heterocycles. The lowest BCUT2D eigenvalue weighted by Gasteiger charge is -2.56. The molecule has 4 fully saturated rings. The Bertz CT molecular complexity index is 299. The van der Waals surface area contributed by atoms with Gasteiger partial charge in [0.05, 0.1) is 0 Å². The number of rotatable bonds is 5. The number of hydrogen-bond acceptors (Lipinski definition) is 1. The standard InChI is InChI=1S/C17H27N/c1-3-5-16(18-6-4-2)17-14-8-12-7-13(10-14)11-15(17)9-12/h1,12-18H,4-11H2,2H3. The van der Waals surface area contributed by atoms with Gasteiger partial charge in [-0.1, -0.05) is 6.92 Å². The van der Waals surface area contributed by atoms with Crippen LogP contribution in [0, 0.1) is 41.9 Å². The summed E-state index contributed by atoms with van der Waals surface area (Å²) in [7, 11) is 0. The summed E-state index contributed by atoms with van der Waals surface area (Å²) in [4.78, 5) is 0. The molecule has 0 radical (unpaired) electrons. The van der Waals surface area contributed by atoms with Crippen LogP contribution in [0.15, 0.2) is 0 Å². The molecule has 0 spiro atoms. The first-order valence-electron chi connectivity index (χ1n) is 7.98. The summed E-state index contributed by atoms with van der Waals surface area (Å²) in [5, 5.41) is 3.76. The topological polar surface area (TPSA) is 12.0 Å². The van der Waals surface area contributed by atoms with Gasteiger partial charge < -0.3 is 5.32 Å². The van der Waals surface area contributed by atoms with Crippen molar-refractivity contribution in [2.75, 3.05) is 6.54 Å². The fourth-order valence-corrected chi connectivity index (χ4v) is 5.43. The molecule has 1 unspecified atom stereocenters. The van der Waals surface area contributed by atoms with Crippen molar-refractivity contribution in [1.29, 1.82) is 0 Å². The van der Waals surface area contributed by atoms with E-state index in [1.54, 1.807) is 6.42 Å². The van der Waals surface area contributed by atoms with Crippen LogP contribution in [0.1, 0.15) is 51.9 Å². The highest BCUT2D eigenvalue weighted by Crippen LogP contribution is 2.57. The first kappa shape index (κ1) is 12.5. The van der Waals surface area contributed by atoms with Crippen LogP contribution in [0.4, 0.5) is 0 Å². The zero-order valence-electron chi connectivity index (χ0n) is 11.7. The monoisotopic (exact) mass is 245 g/mol. The van der Waals surface area contributed by atoms with Gasteiger partial charge in [-0.3, -0.25) is 0 Å². The summed E-state index contributed by atoms with van der Waals surface area (Å²) in [5.41, 5.74) is 0. The van der Waals surface area contributed by atoms with Gasteiger partial charge in [0.1, 0.15) is 0 Å². The molecule has 4 aliphatic carbocycles. The molecule has 0 heterocycles. The summed E-state index contributed by atoms with van der Waals surface area (Å²) in [6.45, 7) is 3.38. The molecule has 0 amide bonds. The van der Waals surface area contributed by atoms with Crippen LogP contribution in [0.2, 0.25) is 0 Å². The van der Waals surface area contributed by atoms with Crippen LogP contribution in [-0.4, -0.2) is 12.6 Å². The average molecular weight is 245 g/mol. The highest BCUT2D eigenvalue weighted by molar-refractivity contribution is 5.04. The molecule has 4 bridgehead atoms. The number of hydrogen-bond donors (Lipinski definition) is 1. The van der Waals surface area contributed by atoms with Gasteiger partial charge in [-0.2, -0.15) is 0 Å². The van der Waals surface area contributed by atoms with Crippen LogP contribution in [0.5, 0.6) is 0 Å². The van der Waals surface area contributed by atoms with Crippen LogP contribution in [0.3, 0.4) is 0 Å². The Hall–Kier alpha value is -0.480. The molecule has 4 saturated carbocycles. The first-order chi connectivity index (χ1) is 8.81. The van der Waals surface area contributed by atoms with Gasteiger partial charge in [-0.25, -0.2) is 0 Å². The lowest BCUT2D eigenvalue weighted by molar-refractivity contribution is -0.0510. The van der Waals surface area contributed by atoms with Gasteiger partial charge in [0.2, 0.25) is 0 Å². The maximum atomic E-state index is 5.60. The predicted octanol–water partition coefficient (Wildman–Crippen LogP) is 3.45. The Labute approximate surface area is 112 Å². The largest absolute Gasteiger partial charge is 0.313 e. The third-order valence-corrected chi connectivity index (χ3v) is 5.76. The number of terminal acetylenes is 1. The lowest BCUT2D eigenvalue weighted by Crippen LogP contribution is -2.53. The molecule has 4 rings (SSSR count). The minimum absolute atomic E-state index is 0.602. The summed E-state index contributed by atoms with van der Waals surface area (Å²) < 4.78 is 0. The summed E-state index contributed by atoms with van der Waals surface area (Å²) in [5.74, 6) is 7.93. The Morgan fingerprint density at radius 2 is 1.72 bits per heavy atom. The SMILES string of the molecule is C#CCC(NCCC)C1C2CC3CC(C2)CC1C3. The molecule has 100 valence electrons. The van der Waals surface area contributed by atoms with E-state index in [2.05, 4.69) is 18.2 Å². The van der Waals surface area contributed by atoms with E-state index >= 15 is 0 Å². The highest BCUT2D eigenvalue weighted by Gasteiger charge is 2.50. The minimum atomic E-state index is 0.602. The molecule has 1 atom stereocenters. The van der Waals surface area contributed by atoms with Crippen molar-refractivity contribution in [1.82, 2.24) is 5.32 Å². The minimum Gasteiger partial charge on any atom is -0.313 e. The van der Waals surface area contributed by atoms with E-state index < -0.39 is 0 Å². The zero-order chi connectivity index (χ0) is 12.5. The van der Waals surface area contributed by atoms with Crippen molar-refractivity contribution in [3.8, 4) is 12.3 Å². The van der Waals surface area contributed by atoms with E-state index in [1.165, 1.54) is 32.1 Å². The third kappa shape index (κ3) is 2.21. The Kier molecular flexibility index (Phi) is 3.66. The average Bonchev–Trinajstić information content (AvgIpc) is 2.34. The second kappa shape index (κ2) is 5.25. The molecule has 1 N–H and O–H groups in total. The molecule has 0 aromatic heterocycles. The van der Waals surface area contributed by atoms with Crippen molar-refractivity contribution in [2.24, 2.45) is 29.6 Å². The molecule has 0 aromatic carbocycles. The predicted molar refractivity (Wildman–Crippen MR) is 76.1 cm³/mol. The quantitative estimate of drug-likeness (QED) is 0.732. The Balaban J connectivity index is 1.71. The van der Waals surface area contributed by atoms with Crippen LogP contribution in [-0.2, 0) is 0 Å². The van der Waals surface area contributed by atoms with Gasteiger partial charge in [-0.05, 0) is 74.7 Å². The van der Waals surface area contributed by atoms with E-state index in [4.69, 9.17) is 6.42 Å². The van der Waals surface area contributed by atoms with Crippen molar-refractivity contribution in [2.45, 2.75) is 57.9 Å². The van der Waals surface area contributed by atoms with Gasteiger partial charge in [0.25, 0.3) is 0 Å². The lowest BCUT2D eigenvalue weighted by atomic mass is 9.50. The fourth-order valence-electron chi connectivity index (χ4n) is 5.43. The molecule has 0 aromatic rings. The highest BCUT2D eigenvalue weighted by atomic mass is 14.9. The van der Waals surface area contributed by atoms with Gasteiger partial charge in [-0.15, -0.1) is 12.3 Å². The molecular formula is C17H27N. The summed E-state index contributed by atoms with van der Waals surface area (Å²) >= 11 is 0. The molecule has 1 nitrogen and oxygen atoms in total. The third-order valence-electron chi connectivity index (χ3n) is 5.76. The maximum absolute atomic E-state index is 5.60. The molecule has 18 heavy (non-hydrogen) atoms. The van der Waals surface area contributed by atoms with Gasteiger partial charge in [0.15, 0.2) is 0 Å². The van der Waals surface area contributed by atoms with Crippen molar-refractivity contribution in [3.05, 3.63) is 0 Å². The Morgan fingerprint density at radius 3 is 2.22 bits per heavy atom. The van der Waals surface area contributed by atoms with Crippen LogP contribution in [0.25, 0.3) is 0 Å². The van der Waals surface area contributed by atoms with Crippen molar-refractivity contribution < 1.29 is 0 Å².